The van der Waals surface area contributed by atoms with Crippen molar-refractivity contribution >= 4 is 11.6 Å². The van der Waals surface area contributed by atoms with Crippen LogP contribution in [0.15, 0.2) is 24.3 Å². The maximum atomic E-state index is 6.77. The molecule has 2 bridgehead atoms. The molecule has 1 heteroatoms. The molecule has 0 aliphatic heterocycles. The Morgan fingerprint density at radius 3 is 2.32 bits per heavy atom. The topological polar surface area (TPSA) is 0 Å². The van der Waals surface area contributed by atoms with Gasteiger partial charge in [-0.15, -0.1) is 11.6 Å². The normalized spacial score (nSPS) is 32.5. The van der Waals surface area contributed by atoms with Gasteiger partial charge in [-0.2, -0.15) is 0 Å². The van der Waals surface area contributed by atoms with Gasteiger partial charge in [-0.1, -0.05) is 44.5 Å². The molecule has 5 atom stereocenters. The summed E-state index contributed by atoms with van der Waals surface area (Å²) in [5.74, 6) is 3.28. The maximum absolute atomic E-state index is 6.77. The van der Waals surface area contributed by atoms with E-state index >= 15 is 0 Å². The van der Waals surface area contributed by atoms with Gasteiger partial charge >= 0.3 is 0 Å². The van der Waals surface area contributed by atoms with Crippen LogP contribution in [0.2, 0.25) is 0 Å². The van der Waals surface area contributed by atoms with Gasteiger partial charge in [0.2, 0.25) is 0 Å². The molecule has 19 heavy (non-hydrogen) atoms. The summed E-state index contributed by atoms with van der Waals surface area (Å²) in [6.07, 6.45) is 6.89. The van der Waals surface area contributed by atoms with Gasteiger partial charge in [0.15, 0.2) is 0 Å². The second-order valence-corrected chi connectivity index (χ2v) is 7.19. The predicted octanol–water partition coefficient (Wildman–Crippen LogP) is 5.92. The number of fused-ring (bicyclic) bond motifs is 2. The van der Waals surface area contributed by atoms with Crippen molar-refractivity contribution in [2.24, 2.45) is 17.8 Å². The molecule has 2 saturated carbocycles. The Balaban J connectivity index is 1.71. The SMILES string of the molecule is CCC(C)c1ccc(C(Cl)C2CC3CCC2C3)cc1. The Morgan fingerprint density at radius 2 is 1.79 bits per heavy atom. The molecule has 0 saturated heterocycles. The minimum Gasteiger partial charge on any atom is -0.118 e. The summed E-state index contributed by atoms with van der Waals surface area (Å²) >= 11 is 6.77. The molecule has 2 aliphatic carbocycles. The highest BCUT2D eigenvalue weighted by Crippen LogP contribution is 2.54. The molecule has 0 heterocycles. The number of benzene rings is 1. The Hall–Kier alpha value is -0.490. The third kappa shape index (κ3) is 2.57. The van der Waals surface area contributed by atoms with E-state index in [0.717, 1.165) is 17.8 Å². The molecule has 0 nitrogen and oxygen atoms in total. The smallest absolute Gasteiger partial charge is 0.0616 e. The van der Waals surface area contributed by atoms with E-state index < -0.39 is 0 Å². The lowest BCUT2D eigenvalue weighted by molar-refractivity contribution is 0.323. The van der Waals surface area contributed by atoms with Crippen LogP contribution < -0.4 is 0 Å². The molecule has 0 radical (unpaired) electrons. The van der Waals surface area contributed by atoms with Crippen LogP contribution in [0.5, 0.6) is 0 Å². The summed E-state index contributed by atoms with van der Waals surface area (Å²) in [5.41, 5.74) is 2.79. The van der Waals surface area contributed by atoms with E-state index in [4.69, 9.17) is 11.6 Å². The molecule has 1 aromatic carbocycles. The molecule has 3 rings (SSSR count). The highest BCUT2D eigenvalue weighted by Gasteiger charge is 2.42. The fourth-order valence-electron chi connectivity index (χ4n) is 4.14. The Labute approximate surface area is 122 Å². The minimum absolute atomic E-state index is 0.237. The van der Waals surface area contributed by atoms with Gasteiger partial charge in [0.1, 0.15) is 0 Å². The maximum Gasteiger partial charge on any atom is 0.0616 e. The number of rotatable bonds is 4. The van der Waals surface area contributed by atoms with Crippen molar-refractivity contribution in [3.63, 3.8) is 0 Å². The number of hydrogen-bond acceptors (Lipinski definition) is 0. The average Bonchev–Trinajstić information content (AvgIpc) is 3.08. The largest absolute Gasteiger partial charge is 0.118 e. The van der Waals surface area contributed by atoms with Gasteiger partial charge in [0.05, 0.1) is 5.38 Å². The molecule has 0 amide bonds. The van der Waals surface area contributed by atoms with Crippen LogP contribution >= 0.6 is 11.6 Å². The first kappa shape index (κ1) is 13.5. The molecule has 2 aliphatic rings. The van der Waals surface area contributed by atoms with Crippen molar-refractivity contribution < 1.29 is 0 Å². The summed E-state index contributed by atoms with van der Waals surface area (Å²) in [6.45, 7) is 4.54. The van der Waals surface area contributed by atoms with E-state index in [1.165, 1.54) is 43.2 Å². The first-order valence-electron chi connectivity index (χ1n) is 7.93. The molecule has 5 unspecified atom stereocenters. The van der Waals surface area contributed by atoms with Crippen LogP contribution in [0.1, 0.15) is 68.4 Å². The van der Waals surface area contributed by atoms with Crippen LogP contribution in [0.3, 0.4) is 0 Å². The quantitative estimate of drug-likeness (QED) is 0.599. The minimum atomic E-state index is 0.237. The summed E-state index contributed by atoms with van der Waals surface area (Å²) in [5, 5.41) is 0.237. The summed E-state index contributed by atoms with van der Waals surface area (Å²) in [4.78, 5) is 0. The van der Waals surface area contributed by atoms with Crippen molar-refractivity contribution in [3.8, 4) is 0 Å². The molecule has 0 N–H and O–H groups in total. The zero-order valence-electron chi connectivity index (χ0n) is 12.1. The summed E-state index contributed by atoms with van der Waals surface area (Å²) in [7, 11) is 0. The fourth-order valence-corrected chi connectivity index (χ4v) is 4.60. The van der Waals surface area contributed by atoms with E-state index in [1.807, 2.05) is 0 Å². The second-order valence-electron chi connectivity index (χ2n) is 6.72. The molecule has 0 aromatic heterocycles. The van der Waals surface area contributed by atoms with E-state index in [1.54, 1.807) is 0 Å². The highest BCUT2D eigenvalue weighted by atomic mass is 35.5. The van der Waals surface area contributed by atoms with E-state index in [-0.39, 0.29) is 5.38 Å². The van der Waals surface area contributed by atoms with E-state index in [2.05, 4.69) is 38.1 Å². The molecule has 104 valence electrons. The molecular formula is C18H25Cl. The molecule has 2 fully saturated rings. The lowest BCUT2D eigenvalue weighted by Crippen LogP contribution is -2.15. The van der Waals surface area contributed by atoms with Crippen molar-refractivity contribution in [2.75, 3.05) is 0 Å². The Kier molecular flexibility index (Phi) is 3.89. The third-order valence-corrected chi connectivity index (χ3v) is 6.18. The van der Waals surface area contributed by atoms with Gasteiger partial charge in [0, 0.05) is 0 Å². The lowest BCUT2D eigenvalue weighted by atomic mass is 9.83. The van der Waals surface area contributed by atoms with Gasteiger partial charge in [-0.25, -0.2) is 0 Å². The standard InChI is InChI=1S/C18H25Cl/c1-3-12(2)14-6-8-15(9-7-14)18(19)17-11-13-4-5-16(17)10-13/h6-9,12-13,16-18H,3-5,10-11H2,1-2H3. The van der Waals surface area contributed by atoms with Crippen molar-refractivity contribution in [1.82, 2.24) is 0 Å². The lowest BCUT2D eigenvalue weighted by Gasteiger charge is -2.26. The van der Waals surface area contributed by atoms with E-state index in [0.29, 0.717) is 5.92 Å². The monoisotopic (exact) mass is 276 g/mol. The van der Waals surface area contributed by atoms with E-state index in [9.17, 15) is 0 Å². The van der Waals surface area contributed by atoms with Crippen LogP contribution in [0.25, 0.3) is 0 Å². The zero-order chi connectivity index (χ0) is 13.4. The molecular weight excluding hydrogens is 252 g/mol. The molecule has 1 aromatic rings. The summed E-state index contributed by atoms with van der Waals surface area (Å²) in [6, 6.07) is 9.11. The second kappa shape index (κ2) is 5.48. The van der Waals surface area contributed by atoms with Crippen LogP contribution in [0, 0.1) is 17.8 Å². The van der Waals surface area contributed by atoms with Crippen molar-refractivity contribution in [1.29, 1.82) is 0 Å². The summed E-state index contributed by atoms with van der Waals surface area (Å²) < 4.78 is 0. The first-order valence-corrected chi connectivity index (χ1v) is 8.36. The van der Waals surface area contributed by atoms with Crippen molar-refractivity contribution in [3.05, 3.63) is 35.4 Å². The average molecular weight is 277 g/mol. The Bertz CT molecular complexity index is 422. The van der Waals surface area contributed by atoms with Gasteiger partial charge < -0.3 is 0 Å². The van der Waals surface area contributed by atoms with Crippen LogP contribution in [0.4, 0.5) is 0 Å². The highest BCUT2D eigenvalue weighted by molar-refractivity contribution is 6.21. The van der Waals surface area contributed by atoms with Crippen LogP contribution in [-0.4, -0.2) is 0 Å². The van der Waals surface area contributed by atoms with Crippen LogP contribution in [-0.2, 0) is 0 Å². The zero-order valence-corrected chi connectivity index (χ0v) is 12.9. The number of halogens is 1. The first-order chi connectivity index (χ1) is 9.19. The number of alkyl halides is 1. The van der Waals surface area contributed by atoms with Gasteiger partial charge in [-0.3, -0.25) is 0 Å². The fraction of sp³-hybridized carbons (Fsp3) is 0.667. The number of hydrogen-bond donors (Lipinski definition) is 0. The predicted molar refractivity (Wildman–Crippen MR) is 82.7 cm³/mol. The third-order valence-electron chi connectivity index (χ3n) is 5.61. The van der Waals surface area contributed by atoms with Gasteiger partial charge in [-0.05, 0) is 60.5 Å². The molecule has 0 spiro atoms. The van der Waals surface area contributed by atoms with Crippen molar-refractivity contribution in [2.45, 2.75) is 57.2 Å². The Morgan fingerprint density at radius 1 is 1.11 bits per heavy atom. The van der Waals surface area contributed by atoms with Gasteiger partial charge in [0.25, 0.3) is 0 Å².